The molecule has 2 aromatic rings. The van der Waals surface area contributed by atoms with E-state index in [4.69, 9.17) is 0 Å². The molecule has 0 amide bonds. The van der Waals surface area contributed by atoms with Gasteiger partial charge in [0.2, 0.25) is 0 Å². The van der Waals surface area contributed by atoms with E-state index >= 15 is 0 Å². The lowest BCUT2D eigenvalue weighted by atomic mass is 10.1. The van der Waals surface area contributed by atoms with Gasteiger partial charge in [0.1, 0.15) is 0 Å². The molecule has 0 saturated carbocycles. The molecule has 0 spiro atoms. The lowest BCUT2D eigenvalue weighted by Gasteiger charge is -2.10. The predicted molar refractivity (Wildman–Crippen MR) is 78.9 cm³/mol. The van der Waals surface area contributed by atoms with Crippen molar-refractivity contribution in [3.63, 3.8) is 0 Å². The molecule has 4 heteroatoms. The Morgan fingerprint density at radius 3 is 2.21 bits per heavy atom. The number of rotatable bonds is 3. The summed E-state index contributed by atoms with van der Waals surface area (Å²) in [6.45, 7) is 8.53. The summed E-state index contributed by atoms with van der Waals surface area (Å²) in [6.07, 6.45) is 4.11. The average Bonchev–Trinajstić information content (AvgIpc) is 2.30. The van der Waals surface area contributed by atoms with Crippen LogP contribution in [0.4, 0.5) is 0 Å². The first-order chi connectivity index (χ1) is 8.88. The largest absolute Gasteiger partial charge is 0.504 e. The molecule has 0 unspecified atom stereocenters. The highest BCUT2D eigenvalue weighted by atomic mass is 32.2. The third-order valence-corrected chi connectivity index (χ3v) is 3.98. The Morgan fingerprint density at radius 1 is 1.00 bits per heavy atom. The topological polar surface area (TPSA) is 44.3 Å². The van der Waals surface area contributed by atoms with Crippen molar-refractivity contribution in [2.45, 2.75) is 43.9 Å². The van der Waals surface area contributed by atoms with Crippen molar-refractivity contribution in [2.75, 3.05) is 0 Å². The van der Waals surface area contributed by atoms with Crippen LogP contribution in [0.5, 0.6) is 11.5 Å². The average molecular weight is 278 g/mol. The van der Waals surface area contributed by atoms with Crippen LogP contribution in [0.25, 0.3) is 10.8 Å². The first-order valence-electron chi connectivity index (χ1n) is 6.45. The molecule has 0 fully saturated rings. The third kappa shape index (κ3) is 2.95. The summed E-state index contributed by atoms with van der Waals surface area (Å²) in [5.41, 5.74) is 0. The Labute approximate surface area is 117 Å². The van der Waals surface area contributed by atoms with E-state index in [1.807, 2.05) is 6.20 Å². The van der Waals surface area contributed by atoms with Crippen LogP contribution in [-0.2, 0) is 0 Å². The molecule has 0 aliphatic rings. The lowest BCUT2D eigenvalue weighted by Crippen LogP contribution is -2.35. The summed E-state index contributed by atoms with van der Waals surface area (Å²) in [5.74, 6) is -0.144. The fraction of sp³-hybridized carbons (Fsp3) is 0.400. The normalized spacial score (nSPS) is 11.7. The summed E-state index contributed by atoms with van der Waals surface area (Å²) in [5, 5.41) is 21.7. The minimum absolute atomic E-state index is 0.0691. The maximum Gasteiger partial charge on any atom is 0.183 e. The maximum atomic E-state index is 9.69. The molecule has 102 valence electrons. The highest BCUT2D eigenvalue weighted by molar-refractivity contribution is 8.00. The Balaban J connectivity index is 2.70. The molecule has 1 aromatic heterocycles. The van der Waals surface area contributed by atoms with Gasteiger partial charge in [-0.05, 0) is 26.0 Å². The van der Waals surface area contributed by atoms with Gasteiger partial charge in [-0.25, -0.2) is 4.57 Å². The zero-order valence-corrected chi connectivity index (χ0v) is 12.5. The van der Waals surface area contributed by atoms with E-state index in [0.717, 1.165) is 15.7 Å². The van der Waals surface area contributed by atoms with Crippen LogP contribution in [0.1, 0.15) is 33.7 Å². The van der Waals surface area contributed by atoms with Crippen molar-refractivity contribution in [1.29, 1.82) is 0 Å². The first kappa shape index (κ1) is 14.0. The monoisotopic (exact) mass is 278 g/mol. The molecule has 0 atom stereocenters. The fourth-order valence-electron chi connectivity index (χ4n) is 1.96. The number of pyridine rings is 1. The number of nitrogens with zero attached hydrogens (tertiary/aromatic N) is 1. The Kier molecular flexibility index (Phi) is 3.90. The van der Waals surface area contributed by atoms with Gasteiger partial charge in [-0.3, -0.25) is 0 Å². The van der Waals surface area contributed by atoms with E-state index in [0.29, 0.717) is 11.3 Å². The van der Waals surface area contributed by atoms with Gasteiger partial charge < -0.3 is 10.2 Å². The standard InChI is InChI=1S/C15H19NO2S/c1-9(2)16-7-11-5-13(17)14(18)6-12(11)15(8-16)19-10(3)4/h5-10,17H,1-4H3/p+1. The Hall–Kier alpha value is -1.42. The molecule has 1 heterocycles. The molecule has 0 bridgehead atoms. The van der Waals surface area contributed by atoms with Crippen molar-refractivity contribution >= 4 is 22.5 Å². The van der Waals surface area contributed by atoms with Crippen molar-refractivity contribution in [3.8, 4) is 11.5 Å². The lowest BCUT2D eigenvalue weighted by molar-refractivity contribution is -0.716. The highest BCUT2D eigenvalue weighted by Gasteiger charge is 2.16. The minimum Gasteiger partial charge on any atom is -0.504 e. The van der Waals surface area contributed by atoms with Gasteiger partial charge in [-0.2, -0.15) is 0 Å². The second kappa shape index (κ2) is 5.29. The van der Waals surface area contributed by atoms with E-state index in [-0.39, 0.29) is 11.5 Å². The summed E-state index contributed by atoms with van der Waals surface area (Å²) in [6, 6.07) is 3.61. The molecule has 0 aliphatic carbocycles. The van der Waals surface area contributed by atoms with Crippen LogP contribution in [0.2, 0.25) is 0 Å². The number of hydrogen-bond donors (Lipinski definition) is 2. The second-order valence-electron chi connectivity index (χ2n) is 5.26. The van der Waals surface area contributed by atoms with Crippen molar-refractivity contribution in [1.82, 2.24) is 0 Å². The molecule has 2 rings (SSSR count). The molecular weight excluding hydrogens is 258 g/mol. The number of benzene rings is 1. The molecule has 0 aliphatic heterocycles. The number of phenolic OH excluding ortho intramolecular Hbond substituents is 2. The van der Waals surface area contributed by atoms with Gasteiger partial charge in [0.25, 0.3) is 0 Å². The molecule has 0 saturated heterocycles. The molecular formula is C15H20NO2S+. The van der Waals surface area contributed by atoms with Crippen molar-refractivity contribution < 1.29 is 14.8 Å². The van der Waals surface area contributed by atoms with Crippen molar-refractivity contribution in [3.05, 3.63) is 24.5 Å². The Bertz CT molecular complexity index is 609. The van der Waals surface area contributed by atoms with Crippen LogP contribution in [-0.4, -0.2) is 15.5 Å². The minimum atomic E-state index is -0.0745. The molecule has 19 heavy (non-hydrogen) atoms. The first-order valence-corrected chi connectivity index (χ1v) is 7.33. The van der Waals surface area contributed by atoms with E-state index in [9.17, 15) is 10.2 Å². The smallest absolute Gasteiger partial charge is 0.183 e. The number of thioether (sulfide) groups is 1. The van der Waals surface area contributed by atoms with Gasteiger partial charge in [0, 0.05) is 10.6 Å². The molecule has 0 radical (unpaired) electrons. The summed E-state index contributed by atoms with van der Waals surface area (Å²) in [7, 11) is 0. The molecule has 2 N–H and O–H groups in total. The number of hydrogen-bond acceptors (Lipinski definition) is 3. The van der Waals surface area contributed by atoms with E-state index in [1.165, 1.54) is 0 Å². The van der Waals surface area contributed by atoms with Gasteiger partial charge >= 0.3 is 0 Å². The van der Waals surface area contributed by atoms with E-state index < -0.39 is 0 Å². The van der Waals surface area contributed by atoms with Crippen LogP contribution >= 0.6 is 11.8 Å². The SMILES string of the molecule is CC(C)Sc1c[n+](C(C)C)cc2cc(O)c(O)cc12. The number of aromatic hydroxyl groups is 2. The molecule has 1 aromatic carbocycles. The summed E-state index contributed by atoms with van der Waals surface area (Å²) in [4.78, 5) is 1.12. The zero-order valence-electron chi connectivity index (χ0n) is 11.7. The van der Waals surface area contributed by atoms with Crippen LogP contribution in [0, 0.1) is 0 Å². The second-order valence-corrected chi connectivity index (χ2v) is 6.88. The van der Waals surface area contributed by atoms with Crippen molar-refractivity contribution in [2.24, 2.45) is 0 Å². The van der Waals surface area contributed by atoms with Gasteiger partial charge in [-0.15, -0.1) is 11.8 Å². The fourth-order valence-corrected chi connectivity index (χ4v) is 2.96. The number of aromatic nitrogens is 1. The third-order valence-electron chi connectivity index (χ3n) is 2.93. The van der Waals surface area contributed by atoms with E-state index in [1.54, 1.807) is 23.9 Å². The number of phenols is 2. The van der Waals surface area contributed by atoms with Crippen LogP contribution in [0.15, 0.2) is 29.4 Å². The zero-order chi connectivity index (χ0) is 14.2. The van der Waals surface area contributed by atoms with Gasteiger partial charge in [-0.1, -0.05) is 13.8 Å². The number of fused-ring (bicyclic) bond motifs is 1. The molecule has 3 nitrogen and oxygen atoms in total. The van der Waals surface area contributed by atoms with Crippen LogP contribution < -0.4 is 4.57 Å². The highest BCUT2D eigenvalue weighted by Crippen LogP contribution is 2.35. The van der Waals surface area contributed by atoms with Gasteiger partial charge in [0.15, 0.2) is 29.9 Å². The van der Waals surface area contributed by atoms with Gasteiger partial charge in [0.05, 0.1) is 10.3 Å². The predicted octanol–water partition coefficient (Wildman–Crippen LogP) is 3.62. The summed E-state index contributed by atoms with van der Waals surface area (Å²) >= 11 is 1.76. The van der Waals surface area contributed by atoms with Crippen LogP contribution in [0.3, 0.4) is 0 Å². The Morgan fingerprint density at radius 2 is 1.63 bits per heavy atom. The maximum absolute atomic E-state index is 9.69. The quantitative estimate of drug-likeness (QED) is 0.512. The summed E-state index contributed by atoms with van der Waals surface area (Å²) < 4.78 is 2.13. The van der Waals surface area contributed by atoms with E-state index in [2.05, 4.69) is 38.5 Å².